The second-order valence-corrected chi connectivity index (χ2v) is 20.0. The van der Waals surface area contributed by atoms with Gasteiger partial charge in [-0.2, -0.15) is 11.1 Å². The largest absolute Gasteiger partial charge is 0.150 e. The van der Waals surface area contributed by atoms with Gasteiger partial charge >= 0.3 is 53.0 Å². The molecule has 192 valence electrons. The molecule has 0 nitrogen and oxygen atoms in total. The smallest absolute Gasteiger partial charge is 0.0533 e. The number of rotatable bonds is 2. The van der Waals surface area contributed by atoms with Crippen molar-refractivity contribution in [3.05, 3.63) is 83.9 Å². The molecule has 0 atom stereocenters. The first kappa shape index (κ1) is 28.0. The van der Waals surface area contributed by atoms with E-state index in [4.69, 9.17) is 17.0 Å². The van der Waals surface area contributed by atoms with E-state index in [1.54, 1.807) is 11.1 Å². The van der Waals surface area contributed by atoms with E-state index in [9.17, 15) is 0 Å². The normalized spacial score (nSPS) is 16.7. The van der Waals surface area contributed by atoms with E-state index < -0.39 is 18.9 Å². The van der Waals surface area contributed by atoms with Crippen LogP contribution in [0.2, 0.25) is 0 Å². The first-order valence-corrected chi connectivity index (χ1v) is 21.4. The molecular weight excluding hydrogens is 558 g/mol. The van der Waals surface area contributed by atoms with Crippen molar-refractivity contribution >= 4 is 41.8 Å². The van der Waals surface area contributed by atoms with E-state index in [0.29, 0.717) is 0 Å². The third-order valence-corrected chi connectivity index (χ3v) is 14.2. The minimum absolute atomic E-state index is 0.832. The van der Waals surface area contributed by atoms with Gasteiger partial charge in [-0.1, -0.05) is 88.2 Å². The van der Waals surface area contributed by atoms with E-state index in [-0.39, 0.29) is 0 Å². The molecule has 0 aliphatic heterocycles. The van der Waals surface area contributed by atoms with Crippen molar-refractivity contribution in [3.63, 3.8) is 0 Å². The van der Waals surface area contributed by atoms with Gasteiger partial charge in [-0.3, -0.25) is 0 Å². The molecule has 4 aromatic rings. The van der Waals surface area contributed by atoms with Gasteiger partial charge in [-0.15, -0.1) is 82.2 Å². The van der Waals surface area contributed by atoms with Crippen LogP contribution in [0.1, 0.15) is 101 Å². The van der Waals surface area contributed by atoms with E-state index in [1.165, 1.54) is 89.0 Å². The van der Waals surface area contributed by atoms with Crippen molar-refractivity contribution in [2.24, 2.45) is 0 Å². The summed E-state index contributed by atoms with van der Waals surface area (Å²) in [5, 5.41) is 5.81. The van der Waals surface area contributed by atoms with Gasteiger partial charge < -0.3 is 0 Å². The van der Waals surface area contributed by atoms with Crippen molar-refractivity contribution in [2.45, 2.75) is 89.9 Å². The molecule has 0 unspecified atom stereocenters. The third-order valence-electron chi connectivity index (χ3n) is 7.90. The Hall–Kier alpha value is -1.01. The second-order valence-electron chi connectivity index (χ2n) is 10.7. The molecule has 2 aliphatic rings. The summed E-state index contributed by atoms with van der Waals surface area (Å²) in [6.45, 7) is 3.96. The average Bonchev–Trinajstić information content (AvgIpc) is 3.55. The standard InChI is InChI=1S/2C15H17.C3H6.2ClH.Zr/c2*1-2-6-12(7-3-1)15-11-10-13-8-4-5-9-14(13)15;1-3-2;;;/h2*4-5,8-12H,1-3,6-7H2;1-2H3;2*1H;/q2*-1;;;;+2/p-2. The Morgan fingerprint density at radius 2 is 1.00 bits per heavy atom. The van der Waals surface area contributed by atoms with Crippen LogP contribution in [0.15, 0.2) is 72.8 Å². The Labute approximate surface area is 233 Å². The predicted molar refractivity (Wildman–Crippen MR) is 159 cm³/mol. The molecule has 0 aromatic heterocycles. The van der Waals surface area contributed by atoms with Crippen molar-refractivity contribution in [1.29, 1.82) is 0 Å². The molecule has 6 rings (SSSR count). The van der Waals surface area contributed by atoms with Crippen LogP contribution in [0.3, 0.4) is 0 Å². The molecular formula is C33H40Cl2Zr-2. The summed E-state index contributed by atoms with van der Waals surface area (Å²) in [5.74, 6) is 1.66. The zero-order valence-corrected chi connectivity index (χ0v) is 25.9. The van der Waals surface area contributed by atoms with E-state index in [2.05, 4.69) is 72.8 Å². The Balaban J connectivity index is 0.000000139. The first-order valence-electron chi connectivity index (χ1n) is 13.8. The van der Waals surface area contributed by atoms with Gasteiger partial charge in [0.2, 0.25) is 0 Å². The Morgan fingerprint density at radius 1 is 0.639 bits per heavy atom. The van der Waals surface area contributed by atoms with E-state index >= 15 is 0 Å². The summed E-state index contributed by atoms with van der Waals surface area (Å²) in [7, 11) is 11.1. The number of hydrogen-bond acceptors (Lipinski definition) is 0. The van der Waals surface area contributed by atoms with Crippen molar-refractivity contribution in [1.82, 2.24) is 0 Å². The summed E-state index contributed by atoms with van der Waals surface area (Å²) in [6.07, 6.45) is 14.1. The van der Waals surface area contributed by atoms with Crippen LogP contribution in [-0.2, 0) is 18.9 Å². The van der Waals surface area contributed by atoms with Gasteiger partial charge in [0.05, 0.1) is 0 Å². The molecule has 4 aromatic carbocycles. The zero-order chi connectivity index (χ0) is 25.3. The van der Waals surface area contributed by atoms with E-state index in [1.807, 2.05) is 13.8 Å². The van der Waals surface area contributed by atoms with Crippen LogP contribution in [0, 0.1) is 0 Å². The summed E-state index contributed by atoms with van der Waals surface area (Å²) in [4.78, 5) is 0. The fourth-order valence-corrected chi connectivity index (χ4v) is 5.89. The summed E-state index contributed by atoms with van der Waals surface area (Å²) < 4.78 is 1.24. The number of halogens is 2. The SMILES string of the molecule is C[C](C)=[Zr]([Cl])[Cl].c1ccc2c(C3CCCCC3)c[cH-]c2c1.c1ccc2c(C3CCCCC3)c[cH-]c2c1. The van der Waals surface area contributed by atoms with Crippen molar-refractivity contribution in [3.8, 4) is 0 Å². The van der Waals surface area contributed by atoms with Crippen LogP contribution in [-0.4, -0.2) is 3.21 Å². The molecule has 0 spiro atoms. The van der Waals surface area contributed by atoms with Crippen LogP contribution in [0.5, 0.6) is 0 Å². The van der Waals surface area contributed by atoms with Gasteiger partial charge in [0.25, 0.3) is 0 Å². The van der Waals surface area contributed by atoms with Crippen molar-refractivity contribution < 1.29 is 18.9 Å². The predicted octanol–water partition coefficient (Wildman–Crippen LogP) is 11.3. The molecule has 0 bridgehead atoms. The summed E-state index contributed by atoms with van der Waals surface area (Å²) >= 11 is -1.84. The Bertz CT molecular complexity index is 1140. The number of fused-ring (bicyclic) bond motifs is 2. The Kier molecular flexibility index (Phi) is 11.1. The summed E-state index contributed by atoms with van der Waals surface area (Å²) in [6, 6.07) is 26.8. The fourth-order valence-electron chi connectivity index (χ4n) is 5.89. The fraction of sp³-hybridized carbons (Fsp3) is 0.424. The van der Waals surface area contributed by atoms with Crippen LogP contribution in [0.25, 0.3) is 21.5 Å². The molecule has 0 saturated heterocycles. The third kappa shape index (κ3) is 7.52. The molecule has 3 heteroatoms. The molecule has 0 heterocycles. The van der Waals surface area contributed by atoms with Gasteiger partial charge in [0.1, 0.15) is 0 Å². The van der Waals surface area contributed by atoms with Crippen LogP contribution in [0.4, 0.5) is 0 Å². The van der Waals surface area contributed by atoms with E-state index in [0.717, 1.165) is 11.8 Å². The molecule has 2 aliphatic carbocycles. The number of benzene rings is 2. The zero-order valence-electron chi connectivity index (χ0n) is 21.9. The second kappa shape index (κ2) is 14.2. The molecule has 2 saturated carbocycles. The molecule has 2 fully saturated rings. The number of hydrogen-bond donors (Lipinski definition) is 0. The van der Waals surface area contributed by atoms with Gasteiger partial charge in [0.15, 0.2) is 0 Å². The van der Waals surface area contributed by atoms with Crippen LogP contribution < -0.4 is 0 Å². The first-order chi connectivity index (χ1) is 17.5. The topological polar surface area (TPSA) is 0 Å². The molecule has 0 amide bonds. The maximum atomic E-state index is 5.54. The quantitative estimate of drug-likeness (QED) is 0.201. The van der Waals surface area contributed by atoms with Gasteiger partial charge in [-0.05, 0) is 0 Å². The Morgan fingerprint density at radius 3 is 1.36 bits per heavy atom. The monoisotopic (exact) mass is 596 g/mol. The minimum atomic E-state index is -1.84. The van der Waals surface area contributed by atoms with Gasteiger partial charge in [-0.25, -0.2) is 0 Å². The van der Waals surface area contributed by atoms with Crippen LogP contribution >= 0.6 is 17.0 Å². The van der Waals surface area contributed by atoms with Crippen molar-refractivity contribution in [2.75, 3.05) is 0 Å². The maximum Gasteiger partial charge on any atom is -0.0533 e. The maximum absolute atomic E-state index is 5.54. The average molecular weight is 599 g/mol. The molecule has 0 radical (unpaired) electrons. The molecule has 36 heavy (non-hydrogen) atoms. The summed E-state index contributed by atoms with van der Waals surface area (Å²) in [5.41, 5.74) is 3.20. The van der Waals surface area contributed by atoms with Gasteiger partial charge in [0, 0.05) is 0 Å². The minimum Gasteiger partial charge on any atom is -0.150 e. The molecule has 0 N–H and O–H groups in total.